The topological polar surface area (TPSA) is 49.6 Å². The summed E-state index contributed by atoms with van der Waals surface area (Å²) in [4.78, 5) is 17.2. The van der Waals surface area contributed by atoms with Crippen molar-refractivity contribution in [2.45, 2.75) is 26.3 Å². The molecule has 4 heteroatoms. The molecule has 1 saturated heterocycles. The van der Waals surface area contributed by atoms with E-state index in [1.165, 1.54) is 0 Å². The van der Waals surface area contributed by atoms with Crippen molar-refractivity contribution in [3.05, 3.63) is 35.9 Å². The monoisotopic (exact) mass is 289 g/mol. The molecule has 1 heterocycles. The number of nitrogens with zero attached hydrogens (tertiary/aromatic N) is 2. The number of hydrogen-bond acceptors (Lipinski definition) is 3. The highest BCUT2D eigenvalue weighted by Crippen LogP contribution is 2.26. The molecule has 2 N–H and O–H groups in total. The summed E-state index contributed by atoms with van der Waals surface area (Å²) in [7, 11) is 0. The molecular formula is C17H27N3O. The smallest absolute Gasteiger partial charge is 0.244 e. The van der Waals surface area contributed by atoms with Crippen molar-refractivity contribution in [3.63, 3.8) is 0 Å². The highest BCUT2D eigenvalue weighted by atomic mass is 16.2. The minimum atomic E-state index is -0.169. The van der Waals surface area contributed by atoms with E-state index in [0.29, 0.717) is 12.5 Å². The molecule has 21 heavy (non-hydrogen) atoms. The van der Waals surface area contributed by atoms with Crippen LogP contribution in [0.5, 0.6) is 0 Å². The lowest BCUT2D eigenvalue weighted by molar-refractivity contribution is -0.136. The lowest BCUT2D eigenvalue weighted by Crippen LogP contribution is -2.42. The van der Waals surface area contributed by atoms with Gasteiger partial charge in [-0.3, -0.25) is 9.69 Å². The summed E-state index contributed by atoms with van der Waals surface area (Å²) >= 11 is 0. The zero-order valence-electron chi connectivity index (χ0n) is 13.2. The van der Waals surface area contributed by atoms with Crippen LogP contribution in [-0.2, 0) is 4.79 Å². The lowest BCUT2D eigenvalue weighted by atomic mass is 10.0. The van der Waals surface area contributed by atoms with Crippen LogP contribution in [0.15, 0.2) is 30.3 Å². The van der Waals surface area contributed by atoms with Crippen LogP contribution < -0.4 is 5.73 Å². The van der Waals surface area contributed by atoms with E-state index in [1.54, 1.807) is 0 Å². The zero-order valence-corrected chi connectivity index (χ0v) is 13.2. The Morgan fingerprint density at radius 1 is 1.33 bits per heavy atom. The van der Waals surface area contributed by atoms with Crippen LogP contribution in [0.1, 0.15) is 31.9 Å². The third kappa shape index (κ3) is 3.63. The van der Waals surface area contributed by atoms with Crippen molar-refractivity contribution in [1.29, 1.82) is 0 Å². The number of benzene rings is 1. The highest BCUT2D eigenvalue weighted by molar-refractivity contribution is 5.83. The lowest BCUT2D eigenvalue weighted by Gasteiger charge is -2.32. The first-order valence-corrected chi connectivity index (χ1v) is 7.99. The van der Waals surface area contributed by atoms with Crippen molar-refractivity contribution >= 4 is 5.91 Å². The maximum atomic E-state index is 13.0. The van der Waals surface area contributed by atoms with Gasteiger partial charge in [-0.1, -0.05) is 44.2 Å². The molecule has 0 bridgehead atoms. The van der Waals surface area contributed by atoms with Crippen LogP contribution in [0.25, 0.3) is 0 Å². The van der Waals surface area contributed by atoms with Crippen molar-refractivity contribution in [3.8, 4) is 0 Å². The molecule has 0 spiro atoms. The van der Waals surface area contributed by atoms with Crippen LogP contribution in [0.4, 0.5) is 0 Å². The van der Waals surface area contributed by atoms with Gasteiger partial charge in [-0.15, -0.1) is 0 Å². The van der Waals surface area contributed by atoms with Gasteiger partial charge in [-0.2, -0.15) is 0 Å². The van der Waals surface area contributed by atoms with Gasteiger partial charge in [-0.05, 0) is 37.5 Å². The van der Waals surface area contributed by atoms with E-state index in [2.05, 4.69) is 30.9 Å². The second-order valence-electron chi connectivity index (χ2n) is 5.71. The van der Waals surface area contributed by atoms with E-state index in [-0.39, 0.29) is 11.9 Å². The fourth-order valence-electron chi connectivity index (χ4n) is 3.13. The van der Waals surface area contributed by atoms with Gasteiger partial charge in [0.05, 0.1) is 0 Å². The summed E-state index contributed by atoms with van der Waals surface area (Å²) in [5.74, 6) is 0.683. The van der Waals surface area contributed by atoms with Gasteiger partial charge in [0, 0.05) is 13.1 Å². The molecular weight excluding hydrogens is 262 g/mol. The van der Waals surface area contributed by atoms with Crippen LogP contribution in [0.2, 0.25) is 0 Å². The van der Waals surface area contributed by atoms with Gasteiger partial charge in [0.1, 0.15) is 6.04 Å². The first-order chi connectivity index (χ1) is 10.2. The number of likely N-dealkylation sites (N-methyl/N-ethyl adjacent to an activating group) is 1. The van der Waals surface area contributed by atoms with Gasteiger partial charge in [0.25, 0.3) is 0 Å². The number of carbonyl (C=O) groups is 1. The number of likely N-dealkylation sites (tertiary alicyclic amines) is 1. The van der Waals surface area contributed by atoms with Crippen molar-refractivity contribution < 1.29 is 4.79 Å². The molecule has 0 radical (unpaired) electrons. The minimum absolute atomic E-state index is 0.169. The molecule has 1 aromatic rings. The Bertz CT molecular complexity index is 445. The number of hydrogen-bond donors (Lipinski definition) is 1. The Kier molecular flexibility index (Phi) is 5.76. The summed E-state index contributed by atoms with van der Waals surface area (Å²) in [6, 6.07) is 9.94. The zero-order chi connectivity index (χ0) is 15.2. The molecule has 1 aliphatic heterocycles. The SMILES string of the molecule is CCN(CC)C(C(=O)N1CCC(CN)C1)c1ccccc1. The van der Waals surface area contributed by atoms with Gasteiger partial charge in [0.2, 0.25) is 5.91 Å². The summed E-state index contributed by atoms with van der Waals surface area (Å²) in [6.45, 7) is 8.28. The van der Waals surface area contributed by atoms with Crippen molar-refractivity contribution in [2.75, 3.05) is 32.7 Å². The molecule has 1 fully saturated rings. The normalized spacial score (nSPS) is 20.0. The fourth-order valence-corrected chi connectivity index (χ4v) is 3.13. The fraction of sp³-hybridized carbons (Fsp3) is 0.588. The predicted molar refractivity (Wildman–Crippen MR) is 85.8 cm³/mol. The first kappa shape index (κ1) is 16.0. The molecule has 1 amide bonds. The number of amides is 1. The van der Waals surface area contributed by atoms with Crippen LogP contribution in [-0.4, -0.2) is 48.4 Å². The maximum absolute atomic E-state index is 13.0. The van der Waals surface area contributed by atoms with Gasteiger partial charge in [-0.25, -0.2) is 0 Å². The molecule has 1 aliphatic rings. The molecule has 0 aromatic heterocycles. The van der Waals surface area contributed by atoms with Crippen LogP contribution in [0, 0.1) is 5.92 Å². The van der Waals surface area contributed by atoms with E-state index in [9.17, 15) is 4.79 Å². The average molecular weight is 289 g/mol. The van der Waals surface area contributed by atoms with E-state index in [1.807, 2.05) is 23.1 Å². The third-order valence-corrected chi connectivity index (χ3v) is 4.46. The number of nitrogens with two attached hydrogens (primary N) is 1. The first-order valence-electron chi connectivity index (χ1n) is 7.99. The highest BCUT2D eigenvalue weighted by Gasteiger charge is 2.33. The molecule has 1 aromatic carbocycles. The second-order valence-corrected chi connectivity index (χ2v) is 5.71. The summed E-state index contributed by atoms with van der Waals surface area (Å²) in [5, 5.41) is 0. The van der Waals surface area contributed by atoms with Gasteiger partial charge in [0.15, 0.2) is 0 Å². The van der Waals surface area contributed by atoms with Gasteiger partial charge >= 0.3 is 0 Å². The summed E-state index contributed by atoms with van der Waals surface area (Å²) in [6.07, 6.45) is 1.03. The Balaban J connectivity index is 2.21. The average Bonchev–Trinajstić information content (AvgIpc) is 3.02. The van der Waals surface area contributed by atoms with Gasteiger partial charge < -0.3 is 10.6 Å². The second kappa shape index (κ2) is 7.57. The molecule has 2 rings (SSSR count). The number of carbonyl (C=O) groups excluding carboxylic acids is 1. The van der Waals surface area contributed by atoms with Crippen molar-refractivity contribution in [2.24, 2.45) is 11.7 Å². The third-order valence-electron chi connectivity index (χ3n) is 4.46. The van der Waals surface area contributed by atoms with Crippen molar-refractivity contribution in [1.82, 2.24) is 9.80 Å². The predicted octanol–water partition coefficient (Wildman–Crippen LogP) is 1.88. The molecule has 116 valence electrons. The van der Waals surface area contributed by atoms with E-state index in [0.717, 1.165) is 38.2 Å². The Hall–Kier alpha value is -1.39. The molecule has 0 saturated carbocycles. The summed E-state index contributed by atoms with van der Waals surface area (Å²) < 4.78 is 0. The maximum Gasteiger partial charge on any atom is 0.244 e. The Labute approximate surface area is 127 Å². The molecule has 2 atom stereocenters. The van der Waals surface area contributed by atoms with E-state index >= 15 is 0 Å². The van der Waals surface area contributed by atoms with E-state index < -0.39 is 0 Å². The molecule has 2 unspecified atom stereocenters. The van der Waals surface area contributed by atoms with Crippen LogP contribution >= 0.6 is 0 Å². The Morgan fingerprint density at radius 3 is 2.52 bits per heavy atom. The van der Waals surface area contributed by atoms with E-state index in [4.69, 9.17) is 5.73 Å². The largest absolute Gasteiger partial charge is 0.341 e. The summed E-state index contributed by atoms with van der Waals surface area (Å²) in [5.41, 5.74) is 6.83. The standard InChI is InChI=1S/C17H27N3O/c1-3-19(4-2)16(15-8-6-5-7-9-15)17(21)20-11-10-14(12-18)13-20/h5-9,14,16H,3-4,10-13,18H2,1-2H3. The number of rotatable bonds is 6. The quantitative estimate of drug-likeness (QED) is 0.870. The molecule has 4 nitrogen and oxygen atoms in total. The molecule has 0 aliphatic carbocycles. The Morgan fingerprint density at radius 2 is 2.00 bits per heavy atom. The van der Waals surface area contributed by atoms with Crippen LogP contribution in [0.3, 0.4) is 0 Å². The minimum Gasteiger partial charge on any atom is -0.341 e.